The van der Waals surface area contributed by atoms with E-state index in [-0.39, 0.29) is 6.03 Å². The van der Waals surface area contributed by atoms with Gasteiger partial charge in [0, 0.05) is 17.8 Å². The van der Waals surface area contributed by atoms with Crippen molar-refractivity contribution in [2.24, 2.45) is 0 Å². The average molecular weight is 267 g/mol. The van der Waals surface area contributed by atoms with Crippen LogP contribution in [0.1, 0.15) is 5.69 Å². The molecule has 3 aromatic rings. The zero-order chi connectivity index (χ0) is 13.8. The van der Waals surface area contributed by atoms with Crippen LogP contribution < -0.4 is 10.6 Å². The number of fused-ring (bicyclic) bond motifs is 1. The van der Waals surface area contributed by atoms with Crippen LogP contribution in [0.4, 0.5) is 10.5 Å². The number of carbonyl (C=O) groups is 1. The number of para-hydroxylation sites is 1. The van der Waals surface area contributed by atoms with Crippen LogP contribution in [-0.4, -0.2) is 21.0 Å². The van der Waals surface area contributed by atoms with E-state index in [0.29, 0.717) is 12.2 Å². The smallest absolute Gasteiger partial charge is 0.319 e. The molecule has 0 aliphatic carbocycles. The van der Waals surface area contributed by atoms with E-state index < -0.39 is 0 Å². The molecule has 0 fully saturated rings. The molecule has 0 aliphatic heterocycles. The minimum Gasteiger partial charge on any atom is -0.347 e. The van der Waals surface area contributed by atoms with Crippen molar-refractivity contribution in [1.82, 2.24) is 20.3 Å². The van der Waals surface area contributed by atoms with Crippen molar-refractivity contribution in [3.63, 3.8) is 0 Å². The van der Waals surface area contributed by atoms with Gasteiger partial charge in [0.2, 0.25) is 0 Å². The van der Waals surface area contributed by atoms with Gasteiger partial charge in [-0.15, -0.1) is 0 Å². The lowest BCUT2D eigenvalue weighted by molar-refractivity contribution is 0.251. The van der Waals surface area contributed by atoms with Crippen molar-refractivity contribution in [2.45, 2.75) is 6.54 Å². The number of pyridine rings is 1. The first-order chi connectivity index (χ1) is 9.83. The number of nitrogens with one attached hydrogen (secondary N) is 3. The molecule has 100 valence electrons. The third-order valence-corrected chi connectivity index (χ3v) is 2.88. The number of benzene rings is 1. The number of urea groups is 1. The molecule has 3 N–H and O–H groups in total. The summed E-state index contributed by atoms with van der Waals surface area (Å²) in [6.45, 7) is 0.393. The summed E-state index contributed by atoms with van der Waals surface area (Å²) in [6, 6.07) is 9.20. The van der Waals surface area contributed by atoms with Crippen molar-refractivity contribution in [3.8, 4) is 0 Å². The van der Waals surface area contributed by atoms with Crippen molar-refractivity contribution >= 4 is 22.6 Å². The number of rotatable bonds is 3. The summed E-state index contributed by atoms with van der Waals surface area (Å²) in [7, 11) is 0. The quantitative estimate of drug-likeness (QED) is 0.680. The summed E-state index contributed by atoms with van der Waals surface area (Å²) in [5.41, 5.74) is 2.30. The number of anilines is 1. The Morgan fingerprint density at radius 1 is 1.25 bits per heavy atom. The van der Waals surface area contributed by atoms with Crippen LogP contribution in [0, 0.1) is 0 Å². The fraction of sp³-hybridized carbons (Fsp3) is 0.0714. The third kappa shape index (κ3) is 2.59. The maximum absolute atomic E-state index is 11.9. The molecule has 6 nitrogen and oxygen atoms in total. The first-order valence-corrected chi connectivity index (χ1v) is 6.19. The maximum Gasteiger partial charge on any atom is 0.319 e. The van der Waals surface area contributed by atoms with Crippen LogP contribution in [-0.2, 0) is 6.54 Å². The molecule has 2 aromatic heterocycles. The highest BCUT2D eigenvalue weighted by Crippen LogP contribution is 2.20. The van der Waals surface area contributed by atoms with E-state index in [2.05, 4.69) is 25.6 Å². The first-order valence-electron chi connectivity index (χ1n) is 6.19. The van der Waals surface area contributed by atoms with Gasteiger partial charge >= 0.3 is 6.03 Å². The molecule has 0 spiro atoms. The Morgan fingerprint density at radius 2 is 2.15 bits per heavy atom. The van der Waals surface area contributed by atoms with Gasteiger partial charge in [0.1, 0.15) is 0 Å². The fourth-order valence-electron chi connectivity index (χ4n) is 1.93. The molecule has 0 bridgehead atoms. The van der Waals surface area contributed by atoms with Gasteiger partial charge in [-0.3, -0.25) is 4.98 Å². The first kappa shape index (κ1) is 12.2. The molecule has 0 unspecified atom stereocenters. The standard InChI is InChI=1S/C14H13N5O/c20-14(17-8-11-7-15-9-18-11)19-12-5-1-3-10-4-2-6-16-13(10)12/h1-7,9H,8H2,(H,15,18)(H2,17,19,20). The van der Waals surface area contributed by atoms with Crippen molar-refractivity contribution in [2.75, 3.05) is 5.32 Å². The summed E-state index contributed by atoms with van der Waals surface area (Å²) in [6.07, 6.45) is 4.94. The largest absolute Gasteiger partial charge is 0.347 e. The number of aromatic nitrogens is 3. The Labute approximate surface area is 115 Å². The molecule has 0 saturated heterocycles. The van der Waals surface area contributed by atoms with Crippen molar-refractivity contribution in [3.05, 3.63) is 54.7 Å². The van der Waals surface area contributed by atoms with Crippen molar-refractivity contribution < 1.29 is 4.79 Å². The van der Waals surface area contributed by atoms with E-state index >= 15 is 0 Å². The number of hydrogen-bond acceptors (Lipinski definition) is 3. The summed E-state index contributed by atoms with van der Waals surface area (Å²) in [5, 5.41) is 6.53. The molecule has 6 heteroatoms. The Morgan fingerprint density at radius 3 is 3.00 bits per heavy atom. The highest BCUT2D eigenvalue weighted by Gasteiger charge is 2.06. The second-order valence-corrected chi connectivity index (χ2v) is 4.27. The van der Waals surface area contributed by atoms with Gasteiger partial charge in [0.15, 0.2) is 0 Å². The monoisotopic (exact) mass is 267 g/mol. The number of carbonyl (C=O) groups excluding carboxylic acids is 1. The highest BCUT2D eigenvalue weighted by atomic mass is 16.2. The summed E-state index contributed by atoms with van der Waals surface area (Å²) < 4.78 is 0. The van der Waals surface area contributed by atoms with E-state index in [4.69, 9.17) is 0 Å². The Kier molecular flexibility index (Phi) is 3.28. The molecule has 0 saturated carbocycles. The minimum absolute atomic E-state index is 0.280. The fourth-order valence-corrected chi connectivity index (χ4v) is 1.93. The normalized spacial score (nSPS) is 10.4. The highest BCUT2D eigenvalue weighted by molar-refractivity contribution is 5.99. The van der Waals surface area contributed by atoms with E-state index in [0.717, 1.165) is 16.6 Å². The number of imidazole rings is 1. The molecule has 2 amide bonds. The molecular formula is C14H13N5O. The zero-order valence-electron chi connectivity index (χ0n) is 10.6. The van der Waals surface area contributed by atoms with Gasteiger partial charge < -0.3 is 15.6 Å². The average Bonchev–Trinajstić information content (AvgIpc) is 2.99. The van der Waals surface area contributed by atoms with Crippen LogP contribution in [0.25, 0.3) is 10.9 Å². The number of hydrogen-bond donors (Lipinski definition) is 3. The summed E-state index contributed by atoms with van der Waals surface area (Å²) in [5.74, 6) is 0. The number of amides is 2. The van der Waals surface area contributed by atoms with E-state index in [1.54, 1.807) is 18.7 Å². The van der Waals surface area contributed by atoms with Crippen LogP contribution in [0.3, 0.4) is 0 Å². The molecule has 0 aliphatic rings. The van der Waals surface area contributed by atoms with Crippen LogP contribution in [0.15, 0.2) is 49.1 Å². The predicted molar refractivity (Wildman–Crippen MR) is 76.2 cm³/mol. The van der Waals surface area contributed by atoms with Gasteiger partial charge in [-0.05, 0) is 12.1 Å². The molecule has 0 atom stereocenters. The van der Waals surface area contributed by atoms with E-state index in [1.807, 2.05) is 30.3 Å². The third-order valence-electron chi connectivity index (χ3n) is 2.88. The van der Waals surface area contributed by atoms with Gasteiger partial charge in [-0.25, -0.2) is 9.78 Å². The molecule has 2 heterocycles. The van der Waals surface area contributed by atoms with Crippen LogP contribution in [0.5, 0.6) is 0 Å². The lowest BCUT2D eigenvalue weighted by atomic mass is 10.2. The number of aromatic amines is 1. The molecule has 3 rings (SSSR count). The van der Waals surface area contributed by atoms with Gasteiger partial charge in [-0.2, -0.15) is 0 Å². The minimum atomic E-state index is -0.280. The Hall–Kier alpha value is -2.89. The molecule has 20 heavy (non-hydrogen) atoms. The topological polar surface area (TPSA) is 82.7 Å². The Bertz CT molecular complexity index is 718. The van der Waals surface area contributed by atoms with E-state index in [1.165, 1.54) is 0 Å². The second kappa shape index (κ2) is 5.40. The van der Waals surface area contributed by atoms with Crippen molar-refractivity contribution in [1.29, 1.82) is 0 Å². The number of H-pyrrole nitrogens is 1. The molecular weight excluding hydrogens is 254 g/mol. The number of nitrogens with zero attached hydrogens (tertiary/aromatic N) is 2. The summed E-state index contributed by atoms with van der Waals surface area (Å²) >= 11 is 0. The van der Waals surface area contributed by atoms with E-state index in [9.17, 15) is 4.79 Å². The van der Waals surface area contributed by atoms with Crippen LogP contribution >= 0.6 is 0 Å². The lowest BCUT2D eigenvalue weighted by Gasteiger charge is -2.08. The second-order valence-electron chi connectivity index (χ2n) is 4.27. The van der Waals surface area contributed by atoms with Gasteiger partial charge in [-0.1, -0.05) is 18.2 Å². The van der Waals surface area contributed by atoms with Gasteiger partial charge in [0.25, 0.3) is 0 Å². The SMILES string of the molecule is O=C(NCc1cnc[nH]1)Nc1cccc2cccnc12. The summed E-state index contributed by atoms with van der Waals surface area (Å²) in [4.78, 5) is 23.0. The Balaban J connectivity index is 1.71. The zero-order valence-corrected chi connectivity index (χ0v) is 10.6. The maximum atomic E-state index is 11.9. The van der Waals surface area contributed by atoms with Gasteiger partial charge in [0.05, 0.1) is 29.8 Å². The lowest BCUT2D eigenvalue weighted by Crippen LogP contribution is -2.28. The molecule has 0 radical (unpaired) electrons. The predicted octanol–water partition coefficient (Wildman–Crippen LogP) is 2.28. The van der Waals surface area contributed by atoms with Crippen LogP contribution in [0.2, 0.25) is 0 Å². The molecule has 1 aromatic carbocycles.